The topological polar surface area (TPSA) is 24.5 Å². The van der Waals surface area contributed by atoms with Gasteiger partial charge in [-0.1, -0.05) is 12.5 Å². The van der Waals surface area contributed by atoms with Crippen molar-refractivity contribution >= 4 is 0 Å². The first-order valence-electron chi connectivity index (χ1n) is 7.42. The number of benzene rings is 1. The van der Waals surface area contributed by atoms with E-state index >= 15 is 0 Å². The minimum Gasteiger partial charge on any atom is -0.492 e. The molecule has 0 aromatic heterocycles. The predicted molar refractivity (Wildman–Crippen MR) is 79.6 cm³/mol. The van der Waals surface area contributed by atoms with Crippen LogP contribution in [0.5, 0.6) is 5.75 Å². The number of likely N-dealkylation sites (tertiary alicyclic amines) is 1. The zero-order valence-electron chi connectivity index (χ0n) is 12.7. The lowest BCUT2D eigenvalue weighted by molar-refractivity contribution is 0.124. The average Bonchev–Trinajstić information content (AvgIpc) is 2.46. The van der Waals surface area contributed by atoms with Crippen LogP contribution in [-0.2, 0) is 0 Å². The Labute approximate surface area is 121 Å². The van der Waals surface area contributed by atoms with Crippen LogP contribution in [-0.4, -0.2) is 38.2 Å². The first kappa shape index (κ1) is 15.3. The molecule has 1 aromatic rings. The number of likely N-dealkylation sites (N-methyl/N-ethyl adjacent to an activating group) is 1. The summed E-state index contributed by atoms with van der Waals surface area (Å²) in [6.07, 6.45) is 3.67. The summed E-state index contributed by atoms with van der Waals surface area (Å²) in [5, 5.41) is 3.08. The molecule has 1 saturated heterocycles. The molecule has 0 saturated carbocycles. The molecule has 4 heteroatoms. The third kappa shape index (κ3) is 3.49. The van der Waals surface area contributed by atoms with Gasteiger partial charge in [-0.2, -0.15) is 0 Å². The number of hydrogen-bond donors (Lipinski definition) is 1. The predicted octanol–water partition coefficient (Wildman–Crippen LogP) is 2.97. The molecule has 0 aliphatic carbocycles. The van der Waals surface area contributed by atoms with Gasteiger partial charge in [-0.25, -0.2) is 4.39 Å². The van der Waals surface area contributed by atoms with E-state index in [0.29, 0.717) is 24.0 Å². The first-order valence-corrected chi connectivity index (χ1v) is 7.42. The van der Waals surface area contributed by atoms with Crippen molar-refractivity contribution in [2.24, 2.45) is 0 Å². The fraction of sp³-hybridized carbons (Fsp3) is 0.625. The van der Waals surface area contributed by atoms with Crippen molar-refractivity contribution in [3.63, 3.8) is 0 Å². The van der Waals surface area contributed by atoms with E-state index in [4.69, 9.17) is 4.74 Å². The lowest BCUT2D eigenvalue weighted by atomic mass is 10.0. The summed E-state index contributed by atoms with van der Waals surface area (Å²) in [7, 11) is 3.96. The number of hydrogen-bond acceptors (Lipinski definition) is 3. The lowest BCUT2D eigenvalue weighted by Crippen LogP contribution is -2.40. The minimum absolute atomic E-state index is 0.0599. The maximum Gasteiger partial charge on any atom is 0.131 e. The molecular weight excluding hydrogens is 255 g/mol. The third-order valence-corrected chi connectivity index (χ3v) is 4.23. The summed E-state index contributed by atoms with van der Waals surface area (Å²) in [6.45, 7) is 3.69. The first-order chi connectivity index (χ1) is 9.63. The molecule has 2 atom stereocenters. The van der Waals surface area contributed by atoms with E-state index in [-0.39, 0.29) is 11.9 Å². The van der Waals surface area contributed by atoms with Crippen LogP contribution in [0.3, 0.4) is 0 Å². The Morgan fingerprint density at radius 2 is 2.25 bits per heavy atom. The van der Waals surface area contributed by atoms with E-state index < -0.39 is 0 Å². The molecule has 1 fully saturated rings. The molecule has 112 valence electrons. The van der Waals surface area contributed by atoms with Gasteiger partial charge in [-0.3, -0.25) is 0 Å². The van der Waals surface area contributed by atoms with Crippen LogP contribution in [0.15, 0.2) is 18.2 Å². The van der Waals surface area contributed by atoms with Crippen molar-refractivity contribution in [3.05, 3.63) is 29.6 Å². The van der Waals surface area contributed by atoms with Crippen molar-refractivity contribution in [2.75, 3.05) is 27.2 Å². The van der Waals surface area contributed by atoms with Crippen molar-refractivity contribution in [1.82, 2.24) is 10.2 Å². The van der Waals surface area contributed by atoms with Crippen LogP contribution in [0.2, 0.25) is 0 Å². The fourth-order valence-corrected chi connectivity index (χ4v) is 2.75. The van der Waals surface area contributed by atoms with Crippen LogP contribution in [0.4, 0.5) is 4.39 Å². The van der Waals surface area contributed by atoms with Gasteiger partial charge in [0, 0.05) is 17.6 Å². The second kappa shape index (κ2) is 7.04. The molecule has 0 amide bonds. The van der Waals surface area contributed by atoms with Crippen molar-refractivity contribution in [1.29, 1.82) is 0 Å². The van der Waals surface area contributed by atoms with Gasteiger partial charge in [0.2, 0.25) is 0 Å². The molecule has 1 aliphatic rings. The third-order valence-electron chi connectivity index (χ3n) is 4.23. The fourth-order valence-electron chi connectivity index (χ4n) is 2.75. The summed E-state index contributed by atoms with van der Waals surface area (Å²) in [4.78, 5) is 2.34. The van der Waals surface area contributed by atoms with Crippen molar-refractivity contribution in [2.45, 2.75) is 38.3 Å². The standard InChI is InChI=1S/C16H25FN2O/c1-12(18-2)16-14(17)8-6-9-15(16)20-11-13-7-4-5-10-19(13)3/h6,8-9,12-13,18H,4-5,7,10-11H2,1-3H3. The Morgan fingerprint density at radius 1 is 1.45 bits per heavy atom. The van der Waals surface area contributed by atoms with E-state index in [1.807, 2.05) is 20.0 Å². The van der Waals surface area contributed by atoms with Gasteiger partial charge in [0.05, 0.1) is 0 Å². The SMILES string of the molecule is CNC(C)c1c(F)cccc1OCC1CCCCN1C. The zero-order chi connectivity index (χ0) is 14.5. The molecule has 20 heavy (non-hydrogen) atoms. The molecule has 3 nitrogen and oxygen atoms in total. The molecule has 1 aliphatic heterocycles. The van der Waals surface area contributed by atoms with Crippen LogP contribution in [0, 0.1) is 5.82 Å². The summed E-state index contributed by atoms with van der Waals surface area (Å²) >= 11 is 0. The van der Waals surface area contributed by atoms with Crippen molar-refractivity contribution in [3.8, 4) is 5.75 Å². The molecule has 2 rings (SSSR count). The molecular formula is C16H25FN2O. The number of piperidine rings is 1. The number of rotatable bonds is 5. The molecule has 2 unspecified atom stereocenters. The highest BCUT2D eigenvalue weighted by Crippen LogP contribution is 2.28. The highest BCUT2D eigenvalue weighted by atomic mass is 19.1. The van der Waals surface area contributed by atoms with E-state index in [0.717, 1.165) is 13.0 Å². The lowest BCUT2D eigenvalue weighted by Gasteiger charge is -2.32. The monoisotopic (exact) mass is 280 g/mol. The van der Waals surface area contributed by atoms with Gasteiger partial charge < -0.3 is 15.0 Å². The molecule has 1 N–H and O–H groups in total. The Bertz CT molecular complexity index is 438. The second-order valence-corrected chi connectivity index (χ2v) is 5.60. The smallest absolute Gasteiger partial charge is 0.131 e. The van der Waals surface area contributed by atoms with Gasteiger partial charge in [-0.15, -0.1) is 0 Å². The van der Waals surface area contributed by atoms with E-state index in [2.05, 4.69) is 17.3 Å². The average molecular weight is 280 g/mol. The summed E-state index contributed by atoms with van der Waals surface area (Å²) in [5.74, 6) is 0.451. The van der Waals surface area contributed by atoms with Crippen molar-refractivity contribution < 1.29 is 9.13 Å². The molecule has 0 radical (unpaired) electrons. The minimum atomic E-state index is -0.207. The summed E-state index contributed by atoms with van der Waals surface area (Å²) in [5.41, 5.74) is 0.619. The van der Waals surface area contributed by atoms with E-state index in [1.165, 1.54) is 18.9 Å². The Morgan fingerprint density at radius 3 is 2.95 bits per heavy atom. The normalized spacial score (nSPS) is 21.7. The Hall–Kier alpha value is -1.13. The molecule has 0 spiro atoms. The number of ether oxygens (including phenoxy) is 1. The summed E-state index contributed by atoms with van der Waals surface area (Å²) < 4.78 is 19.9. The number of halogens is 1. The van der Waals surface area contributed by atoms with Crippen LogP contribution >= 0.6 is 0 Å². The largest absolute Gasteiger partial charge is 0.492 e. The molecule has 1 heterocycles. The Balaban J connectivity index is 2.07. The second-order valence-electron chi connectivity index (χ2n) is 5.60. The zero-order valence-corrected chi connectivity index (χ0v) is 12.7. The highest BCUT2D eigenvalue weighted by molar-refractivity contribution is 5.37. The van der Waals surface area contributed by atoms with Crippen LogP contribution < -0.4 is 10.1 Å². The highest BCUT2D eigenvalue weighted by Gasteiger charge is 2.21. The van der Waals surface area contributed by atoms with Gasteiger partial charge in [0.1, 0.15) is 18.2 Å². The maximum atomic E-state index is 14.0. The summed E-state index contributed by atoms with van der Waals surface area (Å²) in [6, 6.07) is 5.43. The van der Waals surface area contributed by atoms with Crippen LogP contribution in [0.1, 0.15) is 37.8 Å². The van der Waals surface area contributed by atoms with Gasteiger partial charge >= 0.3 is 0 Å². The molecule has 1 aromatic carbocycles. The van der Waals surface area contributed by atoms with Crippen LogP contribution in [0.25, 0.3) is 0 Å². The number of nitrogens with one attached hydrogen (secondary N) is 1. The van der Waals surface area contributed by atoms with Gasteiger partial charge in [0.15, 0.2) is 0 Å². The maximum absolute atomic E-state index is 14.0. The number of nitrogens with zero attached hydrogens (tertiary/aromatic N) is 1. The Kier molecular flexibility index (Phi) is 5.38. The van der Waals surface area contributed by atoms with E-state index in [1.54, 1.807) is 6.07 Å². The van der Waals surface area contributed by atoms with Gasteiger partial charge in [0.25, 0.3) is 0 Å². The van der Waals surface area contributed by atoms with E-state index in [9.17, 15) is 4.39 Å². The quantitative estimate of drug-likeness (QED) is 0.897. The van der Waals surface area contributed by atoms with Gasteiger partial charge in [-0.05, 0) is 52.5 Å². The molecule has 0 bridgehead atoms.